The molecule has 0 spiro atoms. The van der Waals surface area contributed by atoms with Crippen molar-refractivity contribution >= 4 is 23.3 Å². The summed E-state index contributed by atoms with van der Waals surface area (Å²) in [6.07, 6.45) is 7.29. The minimum absolute atomic E-state index is 0.0747. The predicted molar refractivity (Wildman–Crippen MR) is 147 cm³/mol. The second-order valence-corrected chi connectivity index (χ2v) is 11.5. The molecule has 7 nitrogen and oxygen atoms in total. The Kier molecular flexibility index (Phi) is 8.40. The van der Waals surface area contributed by atoms with Gasteiger partial charge in [0.2, 0.25) is 5.91 Å². The molecular formula is C30H42N4O3. The third-order valence-electron chi connectivity index (χ3n) is 7.72. The highest BCUT2D eigenvalue weighted by molar-refractivity contribution is 6.05. The van der Waals surface area contributed by atoms with Crippen molar-refractivity contribution in [3.05, 3.63) is 52.3 Å². The smallest absolute Gasteiger partial charge is 0.268 e. The van der Waals surface area contributed by atoms with Crippen LogP contribution in [0.25, 0.3) is 0 Å². The third kappa shape index (κ3) is 6.43. The van der Waals surface area contributed by atoms with Crippen LogP contribution in [0.2, 0.25) is 0 Å². The fraction of sp³-hybridized carbons (Fsp3) is 0.567. The number of hydrogen-bond acceptors (Lipinski definition) is 4. The number of aromatic amines is 1. The van der Waals surface area contributed by atoms with Crippen LogP contribution in [0.1, 0.15) is 103 Å². The van der Waals surface area contributed by atoms with Crippen LogP contribution in [0.15, 0.2) is 24.3 Å². The summed E-state index contributed by atoms with van der Waals surface area (Å²) in [5.74, 6) is -0.446. The van der Waals surface area contributed by atoms with Crippen LogP contribution >= 0.6 is 0 Å². The second kappa shape index (κ2) is 11.5. The Morgan fingerprint density at radius 3 is 2.46 bits per heavy atom. The minimum atomic E-state index is -0.632. The van der Waals surface area contributed by atoms with Crippen LogP contribution in [0.5, 0.6) is 0 Å². The fourth-order valence-electron chi connectivity index (χ4n) is 5.66. The largest absolute Gasteiger partial charge is 0.372 e. The Balaban J connectivity index is 1.40. The van der Waals surface area contributed by atoms with Crippen molar-refractivity contribution in [3.8, 4) is 0 Å². The van der Waals surface area contributed by atoms with E-state index in [9.17, 15) is 14.4 Å². The summed E-state index contributed by atoms with van der Waals surface area (Å²) in [4.78, 5) is 44.7. The molecule has 4 rings (SSSR count). The maximum atomic E-state index is 13.3. The summed E-state index contributed by atoms with van der Waals surface area (Å²) in [6, 6.07) is 7.75. The number of carbonyl (C=O) groups is 3. The Hall–Kier alpha value is -3.09. The lowest BCUT2D eigenvalue weighted by Crippen LogP contribution is -2.46. The Morgan fingerprint density at radius 2 is 1.78 bits per heavy atom. The first-order chi connectivity index (χ1) is 17.7. The number of anilines is 1. The van der Waals surface area contributed by atoms with E-state index < -0.39 is 6.04 Å². The Morgan fingerprint density at radius 1 is 1.08 bits per heavy atom. The second-order valence-electron chi connectivity index (χ2n) is 11.5. The van der Waals surface area contributed by atoms with Crippen molar-refractivity contribution in [3.63, 3.8) is 0 Å². The number of amides is 2. The van der Waals surface area contributed by atoms with Gasteiger partial charge < -0.3 is 20.5 Å². The number of aromatic nitrogens is 1. The maximum absolute atomic E-state index is 13.3. The molecule has 2 aromatic rings. The molecule has 3 N–H and O–H groups in total. The van der Waals surface area contributed by atoms with E-state index in [1.807, 2.05) is 6.92 Å². The van der Waals surface area contributed by atoms with Gasteiger partial charge in [-0.25, -0.2) is 0 Å². The molecule has 0 bridgehead atoms. The van der Waals surface area contributed by atoms with Crippen LogP contribution in [0.4, 0.5) is 5.69 Å². The molecule has 1 saturated heterocycles. The number of carbonyl (C=O) groups excluding carboxylic acids is 3. The summed E-state index contributed by atoms with van der Waals surface area (Å²) < 4.78 is 0. The average molecular weight is 507 g/mol. The first-order valence-corrected chi connectivity index (χ1v) is 13.9. The highest BCUT2D eigenvalue weighted by Gasteiger charge is 2.35. The van der Waals surface area contributed by atoms with Crippen LogP contribution in [-0.4, -0.2) is 41.7 Å². The third-order valence-corrected chi connectivity index (χ3v) is 7.72. The molecule has 0 radical (unpaired) electrons. The molecule has 1 aromatic heterocycles. The molecule has 1 aliphatic carbocycles. The van der Waals surface area contributed by atoms with E-state index >= 15 is 0 Å². The van der Waals surface area contributed by atoms with Gasteiger partial charge in [-0.2, -0.15) is 0 Å². The van der Waals surface area contributed by atoms with Gasteiger partial charge in [0.1, 0.15) is 11.7 Å². The van der Waals surface area contributed by atoms with Crippen LogP contribution in [-0.2, 0) is 17.8 Å². The number of nitrogens with zero attached hydrogens (tertiary/aromatic N) is 1. The Bertz CT molecular complexity index is 1130. The number of Topliss-reactive ketones (excluding diaryl/α,β-unsaturated/α-hetero) is 1. The lowest BCUT2D eigenvalue weighted by atomic mass is 9.75. The van der Waals surface area contributed by atoms with Gasteiger partial charge in [-0.1, -0.05) is 45.7 Å². The van der Waals surface area contributed by atoms with Gasteiger partial charge in [-0.05, 0) is 67.7 Å². The summed E-state index contributed by atoms with van der Waals surface area (Å²) >= 11 is 0. The number of benzene rings is 1. The van der Waals surface area contributed by atoms with E-state index in [4.69, 9.17) is 0 Å². The number of hydrogen-bond donors (Lipinski definition) is 3. The molecule has 2 heterocycles. The summed E-state index contributed by atoms with van der Waals surface area (Å²) in [6.45, 7) is 10.6. The lowest BCUT2D eigenvalue weighted by Gasteiger charge is -2.28. The molecule has 1 aliphatic heterocycles. The topological polar surface area (TPSA) is 94.3 Å². The van der Waals surface area contributed by atoms with Crippen molar-refractivity contribution in [2.75, 3.05) is 18.0 Å². The van der Waals surface area contributed by atoms with Gasteiger partial charge in [-0.15, -0.1) is 0 Å². The van der Waals surface area contributed by atoms with Crippen molar-refractivity contribution in [1.29, 1.82) is 0 Å². The minimum Gasteiger partial charge on any atom is -0.372 e. The zero-order chi connectivity index (χ0) is 26.6. The average Bonchev–Trinajstić information content (AvgIpc) is 3.21. The molecule has 2 aliphatic rings. The molecule has 1 aromatic carbocycles. The molecule has 1 unspecified atom stereocenters. The van der Waals surface area contributed by atoms with Crippen molar-refractivity contribution in [1.82, 2.24) is 15.6 Å². The number of fused-ring (bicyclic) bond motifs is 1. The summed E-state index contributed by atoms with van der Waals surface area (Å²) in [5, 5.41) is 5.96. The van der Waals surface area contributed by atoms with E-state index in [2.05, 4.69) is 65.6 Å². The fourth-order valence-corrected chi connectivity index (χ4v) is 5.66. The van der Waals surface area contributed by atoms with E-state index in [0.717, 1.165) is 43.6 Å². The molecule has 37 heavy (non-hydrogen) atoms. The van der Waals surface area contributed by atoms with Gasteiger partial charge in [-0.3, -0.25) is 14.4 Å². The summed E-state index contributed by atoms with van der Waals surface area (Å²) in [5.41, 5.74) is 4.66. The van der Waals surface area contributed by atoms with E-state index in [1.165, 1.54) is 24.9 Å². The van der Waals surface area contributed by atoms with Gasteiger partial charge in [0.15, 0.2) is 5.78 Å². The number of ketones is 1. The predicted octanol–water partition coefficient (Wildman–Crippen LogP) is 5.07. The molecule has 1 fully saturated rings. The first kappa shape index (κ1) is 27.0. The number of H-pyrrole nitrogens is 1. The quantitative estimate of drug-likeness (QED) is 0.442. The number of piperidine rings is 1. The lowest BCUT2D eigenvalue weighted by molar-refractivity contribution is -0.123. The first-order valence-electron chi connectivity index (χ1n) is 13.9. The Labute approximate surface area is 220 Å². The standard InChI is InChI=1S/C30H42N4O3/c1-5-6-10-23(28(36)31-19-21-11-13-22(14-12-21)34-15-8-7-9-16-34)33-29(37)27-20(2)26-24(32-27)17-30(3,4)18-25(26)35/h11-14,23,32H,5-10,15-19H2,1-4H3,(H,31,36)(H,33,37). The molecule has 7 heteroatoms. The maximum Gasteiger partial charge on any atom is 0.268 e. The van der Waals surface area contributed by atoms with E-state index in [-0.39, 0.29) is 23.0 Å². The monoisotopic (exact) mass is 506 g/mol. The van der Waals surface area contributed by atoms with Crippen LogP contribution in [0.3, 0.4) is 0 Å². The molecular weight excluding hydrogens is 464 g/mol. The van der Waals surface area contributed by atoms with Crippen molar-refractivity contribution in [2.24, 2.45) is 5.41 Å². The van der Waals surface area contributed by atoms with Gasteiger partial charge in [0.05, 0.1) is 0 Å². The van der Waals surface area contributed by atoms with Crippen LogP contribution in [0, 0.1) is 12.3 Å². The highest BCUT2D eigenvalue weighted by Crippen LogP contribution is 2.36. The summed E-state index contributed by atoms with van der Waals surface area (Å²) in [7, 11) is 0. The molecule has 200 valence electrons. The highest BCUT2D eigenvalue weighted by atomic mass is 16.2. The molecule has 2 amide bonds. The zero-order valence-electron chi connectivity index (χ0n) is 22.8. The SMILES string of the molecule is CCCCC(NC(=O)c1[nH]c2c(c1C)C(=O)CC(C)(C)C2)C(=O)NCc1ccc(N2CCCCC2)cc1. The zero-order valence-corrected chi connectivity index (χ0v) is 22.8. The number of nitrogens with one attached hydrogen (secondary N) is 3. The molecule has 0 saturated carbocycles. The van der Waals surface area contributed by atoms with E-state index in [0.29, 0.717) is 36.2 Å². The van der Waals surface area contributed by atoms with Gasteiger partial charge >= 0.3 is 0 Å². The number of unbranched alkanes of at least 4 members (excludes halogenated alkanes) is 1. The normalized spacial score (nSPS) is 17.7. The van der Waals surface area contributed by atoms with Crippen LogP contribution < -0.4 is 15.5 Å². The van der Waals surface area contributed by atoms with E-state index in [1.54, 1.807) is 0 Å². The number of rotatable bonds is 9. The van der Waals surface area contributed by atoms with Gasteiger partial charge in [0.25, 0.3) is 5.91 Å². The van der Waals surface area contributed by atoms with Crippen molar-refractivity contribution in [2.45, 2.75) is 91.6 Å². The molecule has 1 atom stereocenters. The van der Waals surface area contributed by atoms with Crippen molar-refractivity contribution < 1.29 is 14.4 Å². The van der Waals surface area contributed by atoms with Gasteiger partial charge in [0, 0.05) is 43.0 Å².